The average molecular weight is 349 g/mol. The van der Waals surface area contributed by atoms with Crippen LogP contribution in [-0.2, 0) is 6.54 Å². The molecule has 0 fully saturated rings. The molecule has 2 heterocycles. The number of para-hydroxylation sites is 1. The standard InChI is InChI=1S/C15H16N6O2.ClH/c1-11-18-13-6-3-2-5-12(13)14(19-11)16-7-4-9-20-10-8-17-15(20)21(22)23;/h2-3,5-6,8,10H,4,7,9H2,1H3,(H,16,18,19);1H. The second-order valence-corrected chi connectivity index (χ2v) is 5.09. The van der Waals surface area contributed by atoms with Crippen LogP contribution in [0.1, 0.15) is 12.2 Å². The van der Waals surface area contributed by atoms with Crippen molar-refractivity contribution >= 4 is 35.1 Å². The second kappa shape index (κ2) is 7.69. The molecule has 1 N–H and O–H groups in total. The highest BCUT2D eigenvalue weighted by Gasteiger charge is 2.13. The van der Waals surface area contributed by atoms with Gasteiger partial charge in [0.25, 0.3) is 0 Å². The van der Waals surface area contributed by atoms with E-state index in [1.54, 1.807) is 6.20 Å². The molecule has 126 valence electrons. The fourth-order valence-corrected chi connectivity index (χ4v) is 2.43. The first-order valence-electron chi connectivity index (χ1n) is 7.28. The number of anilines is 1. The molecule has 0 aliphatic heterocycles. The second-order valence-electron chi connectivity index (χ2n) is 5.09. The van der Waals surface area contributed by atoms with Crippen LogP contribution >= 0.6 is 12.4 Å². The molecule has 0 amide bonds. The van der Waals surface area contributed by atoms with Gasteiger partial charge in [-0.05, 0) is 30.4 Å². The zero-order valence-corrected chi connectivity index (χ0v) is 13.9. The van der Waals surface area contributed by atoms with Crippen molar-refractivity contribution < 1.29 is 4.92 Å². The van der Waals surface area contributed by atoms with Gasteiger partial charge >= 0.3 is 5.95 Å². The van der Waals surface area contributed by atoms with Crippen LogP contribution < -0.4 is 5.32 Å². The van der Waals surface area contributed by atoms with E-state index in [9.17, 15) is 10.1 Å². The molecule has 0 spiro atoms. The number of nitrogens with one attached hydrogen (secondary N) is 1. The highest BCUT2D eigenvalue weighted by Crippen LogP contribution is 2.19. The molecule has 1 aromatic carbocycles. The third kappa shape index (κ3) is 3.77. The third-order valence-corrected chi connectivity index (χ3v) is 3.44. The number of hydrogen-bond acceptors (Lipinski definition) is 6. The maximum atomic E-state index is 10.8. The Morgan fingerprint density at radius 2 is 2.08 bits per heavy atom. The van der Waals surface area contributed by atoms with Gasteiger partial charge in [0.2, 0.25) is 0 Å². The minimum absolute atomic E-state index is 0. The Morgan fingerprint density at radius 3 is 2.88 bits per heavy atom. The number of nitro groups is 1. The molecule has 0 radical (unpaired) electrons. The Morgan fingerprint density at radius 1 is 1.29 bits per heavy atom. The van der Waals surface area contributed by atoms with Gasteiger partial charge < -0.3 is 15.4 Å². The summed E-state index contributed by atoms with van der Waals surface area (Å²) in [4.78, 5) is 22.9. The Bertz CT molecular complexity index is 851. The zero-order valence-electron chi connectivity index (χ0n) is 13.0. The van der Waals surface area contributed by atoms with E-state index in [1.807, 2.05) is 31.2 Å². The van der Waals surface area contributed by atoms with Crippen molar-refractivity contribution in [2.45, 2.75) is 19.9 Å². The van der Waals surface area contributed by atoms with Crippen molar-refractivity contribution in [2.24, 2.45) is 0 Å². The van der Waals surface area contributed by atoms with Crippen molar-refractivity contribution in [1.82, 2.24) is 19.5 Å². The van der Waals surface area contributed by atoms with E-state index in [1.165, 1.54) is 10.8 Å². The SMILES string of the molecule is Cc1nc(NCCCn2ccnc2[N+](=O)[O-])c2ccccc2n1.Cl. The summed E-state index contributed by atoms with van der Waals surface area (Å²) in [5, 5.41) is 15.1. The van der Waals surface area contributed by atoms with Gasteiger partial charge in [-0.15, -0.1) is 12.4 Å². The molecule has 3 aromatic rings. The van der Waals surface area contributed by atoms with E-state index in [4.69, 9.17) is 0 Å². The van der Waals surface area contributed by atoms with Crippen LogP contribution in [0.25, 0.3) is 10.9 Å². The van der Waals surface area contributed by atoms with Crippen molar-refractivity contribution in [3.63, 3.8) is 0 Å². The molecule has 2 aromatic heterocycles. The van der Waals surface area contributed by atoms with Crippen LogP contribution in [0.2, 0.25) is 0 Å². The lowest BCUT2D eigenvalue weighted by Gasteiger charge is -2.09. The molecule has 0 saturated heterocycles. The average Bonchev–Trinajstić information content (AvgIpc) is 3.00. The number of hydrogen-bond donors (Lipinski definition) is 1. The monoisotopic (exact) mass is 348 g/mol. The van der Waals surface area contributed by atoms with Gasteiger partial charge in [-0.25, -0.2) is 14.5 Å². The minimum atomic E-state index is -0.477. The molecule has 0 unspecified atom stereocenters. The van der Waals surface area contributed by atoms with Gasteiger partial charge in [-0.3, -0.25) is 0 Å². The maximum absolute atomic E-state index is 10.8. The third-order valence-electron chi connectivity index (χ3n) is 3.44. The molecular formula is C15H17ClN6O2. The van der Waals surface area contributed by atoms with Crippen molar-refractivity contribution in [1.29, 1.82) is 0 Å². The first kappa shape index (κ1) is 17.6. The smallest absolute Gasteiger partial charge is 0.390 e. The van der Waals surface area contributed by atoms with Gasteiger partial charge in [-0.1, -0.05) is 17.1 Å². The zero-order chi connectivity index (χ0) is 16.2. The molecule has 0 saturated carbocycles. The van der Waals surface area contributed by atoms with Gasteiger partial charge in [0.05, 0.1) is 12.1 Å². The minimum Gasteiger partial charge on any atom is -0.390 e. The number of nitrogens with zero attached hydrogens (tertiary/aromatic N) is 5. The molecule has 8 nitrogen and oxygen atoms in total. The molecule has 0 atom stereocenters. The lowest BCUT2D eigenvalue weighted by Crippen LogP contribution is -2.10. The van der Waals surface area contributed by atoms with E-state index in [0.29, 0.717) is 25.3 Å². The van der Waals surface area contributed by atoms with Crippen molar-refractivity contribution in [3.8, 4) is 0 Å². The quantitative estimate of drug-likeness (QED) is 0.417. The fourth-order valence-electron chi connectivity index (χ4n) is 2.43. The Balaban J connectivity index is 0.00000208. The largest absolute Gasteiger partial charge is 0.434 e. The predicted molar refractivity (Wildman–Crippen MR) is 93.5 cm³/mol. The normalized spacial score (nSPS) is 10.4. The number of fused-ring (bicyclic) bond motifs is 1. The Labute approximate surface area is 144 Å². The molecule has 0 aliphatic rings. The highest BCUT2D eigenvalue weighted by atomic mass is 35.5. The maximum Gasteiger partial charge on any atom is 0.434 e. The molecule has 0 bridgehead atoms. The van der Waals surface area contributed by atoms with E-state index < -0.39 is 4.92 Å². The molecule has 9 heteroatoms. The topological polar surface area (TPSA) is 98.8 Å². The first-order valence-corrected chi connectivity index (χ1v) is 7.28. The number of benzene rings is 1. The number of imidazole rings is 1. The van der Waals surface area contributed by atoms with E-state index >= 15 is 0 Å². The molecule has 24 heavy (non-hydrogen) atoms. The summed E-state index contributed by atoms with van der Waals surface area (Å²) in [5.41, 5.74) is 0.896. The van der Waals surface area contributed by atoms with Gasteiger partial charge in [0.1, 0.15) is 24.0 Å². The summed E-state index contributed by atoms with van der Waals surface area (Å²) in [6, 6.07) is 7.81. The van der Waals surface area contributed by atoms with Gasteiger partial charge in [0.15, 0.2) is 0 Å². The number of aromatic nitrogens is 4. The first-order chi connectivity index (χ1) is 11.1. The summed E-state index contributed by atoms with van der Waals surface area (Å²) in [6.45, 7) is 3.02. The van der Waals surface area contributed by atoms with Crippen LogP contribution in [0.15, 0.2) is 36.7 Å². The predicted octanol–water partition coefficient (Wildman–Crippen LogP) is 2.97. The summed E-state index contributed by atoms with van der Waals surface area (Å²) in [5.74, 6) is 1.36. The van der Waals surface area contributed by atoms with E-state index in [2.05, 4.69) is 20.3 Å². The van der Waals surface area contributed by atoms with Crippen molar-refractivity contribution in [3.05, 3.63) is 52.6 Å². The van der Waals surface area contributed by atoms with E-state index in [0.717, 1.165) is 16.7 Å². The number of halogens is 1. The Kier molecular flexibility index (Phi) is 5.64. The summed E-state index contributed by atoms with van der Waals surface area (Å²) < 4.78 is 1.53. The van der Waals surface area contributed by atoms with Crippen LogP contribution in [0, 0.1) is 17.0 Å². The van der Waals surface area contributed by atoms with Gasteiger partial charge in [0, 0.05) is 11.9 Å². The van der Waals surface area contributed by atoms with Crippen LogP contribution in [0.3, 0.4) is 0 Å². The molecule has 3 rings (SSSR count). The number of aryl methyl sites for hydroxylation is 2. The van der Waals surface area contributed by atoms with E-state index in [-0.39, 0.29) is 18.4 Å². The fraction of sp³-hybridized carbons (Fsp3) is 0.267. The lowest BCUT2D eigenvalue weighted by molar-refractivity contribution is -0.396. The van der Waals surface area contributed by atoms with Crippen LogP contribution in [0.5, 0.6) is 0 Å². The summed E-state index contributed by atoms with van der Waals surface area (Å²) >= 11 is 0. The summed E-state index contributed by atoms with van der Waals surface area (Å²) in [7, 11) is 0. The number of rotatable bonds is 6. The lowest BCUT2D eigenvalue weighted by atomic mass is 10.2. The van der Waals surface area contributed by atoms with Crippen LogP contribution in [0.4, 0.5) is 11.8 Å². The van der Waals surface area contributed by atoms with Gasteiger partial charge in [-0.2, -0.15) is 0 Å². The molecular weight excluding hydrogens is 332 g/mol. The molecule has 0 aliphatic carbocycles. The van der Waals surface area contributed by atoms with Crippen LogP contribution in [-0.4, -0.2) is 31.0 Å². The highest BCUT2D eigenvalue weighted by molar-refractivity contribution is 5.88. The van der Waals surface area contributed by atoms with Crippen molar-refractivity contribution in [2.75, 3.05) is 11.9 Å². The summed E-state index contributed by atoms with van der Waals surface area (Å²) in [6.07, 6.45) is 3.77. The Hall–Kier alpha value is -2.74.